The summed E-state index contributed by atoms with van der Waals surface area (Å²) in [5.74, 6) is -0.963. The number of rotatable bonds is 7. The molecule has 0 aromatic rings. The summed E-state index contributed by atoms with van der Waals surface area (Å²) in [7, 11) is 0. The zero-order valence-electron chi connectivity index (χ0n) is 22.4. The Morgan fingerprint density at radius 3 is 2.54 bits per heavy atom. The first-order valence-corrected chi connectivity index (χ1v) is 13.3. The van der Waals surface area contributed by atoms with E-state index in [9.17, 15) is 24.4 Å². The molecule has 11 nitrogen and oxygen atoms in total. The van der Waals surface area contributed by atoms with Crippen molar-refractivity contribution in [2.75, 3.05) is 26.3 Å². The van der Waals surface area contributed by atoms with Crippen LogP contribution in [0.1, 0.15) is 53.9 Å². The maximum absolute atomic E-state index is 13.9. The van der Waals surface area contributed by atoms with Crippen LogP contribution in [0.5, 0.6) is 0 Å². The first-order chi connectivity index (χ1) is 17.3. The lowest BCUT2D eigenvalue weighted by Gasteiger charge is -2.38. The van der Waals surface area contributed by atoms with Crippen molar-refractivity contribution in [3.8, 4) is 6.07 Å². The van der Waals surface area contributed by atoms with Crippen LogP contribution in [-0.4, -0.2) is 79.1 Å². The van der Waals surface area contributed by atoms with Crippen molar-refractivity contribution >= 4 is 23.8 Å². The van der Waals surface area contributed by atoms with Crippen molar-refractivity contribution in [1.29, 1.82) is 5.26 Å². The van der Waals surface area contributed by atoms with Crippen molar-refractivity contribution in [3.63, 3.8) is 0 Å². The van der Waals surface area contributed by atoms with Gasteiger partial charge < -0.3 is 30.9 Å². The Balaban J connectivity index is 1.48. The van der Waals surface area contributed by atoms with Crippen molar-refractivity contribution < 1.29 is 23.9 Å². The first kappa shape index (κ1) is 27.2. The molecular weight excluding hydrogens is 476 g/mol. The smallest absolute Gasteiger partial charge is 0.315 e. The largest absolute Gasteiger partial charge is 0.379 e. The van der Waals surface area contributed by atoms with Crippen LogP contribution >= 0.6 is 0 Å². The van der Waals surface area contributed by atoms with Gasteiger partial charge in [0.2, 0.25) is 17.7 Å². The molecule has 0 bridgehead atoms. The van der Waals surface area contributed by atoms with Crippen LogP contribution in [0.3, 0.4) is 0 Å². The zero-order valence-corrected chi connectivity index (χ0v) is 22.4. The highest BCUT2D eigenvalue weighted by Crippen LogP contribution is 2.65. The molecule has 37 heavy (non-hydrogen) atoms. The summed E-state index contributed by atoms with van der Waals surface area (Å²) >= 11 is 0. The lowest BCUT2D eigenvalue weighted by atomic mass is 9.85. The van der Waals surface area contributed by atoms with E-state index < -0.39 is 29.6 Å². The number of likely N-dealkylation sites (tertiary alicyclic amines) is 1. The molecule has 11 heteroatoms. The van der Waals surface area contributed by atoms with Gasteiger partial charge in [0.15, 0.2) is 0 Å². The van der Waals surface area contributed by atoms with Gasteiger partial charge in [-0.15, -0.1) is 0 Å². The number of amides is 5. The third-order valence-electron chi connectivity index (χ3n) is 8.57. The number of hydrogen-bond donors (Lipinski definition) is 4. The maximum Gasteiger partial charge on any atom is 0.315 e. The number of piperidine rings is 1. The van der Waals surface area contributed by atoms with Crippen molar-refractivity contribution in [3.05, 3.63) is 0 Å². The second-order valence-corrected chi connectivity index (χ2v) is 12.6. The number of carbonyl (C=O) groups is 4. The quantitative estimate of drug-likeness (QED) is 0.387. The van der Waals surface area contributed by atoms with E-state index in [1.807, 2.05) is 20.8 Å². The van der Waals surface area contributed by atoms with Crippen molar-refractivity contribution in [2.45, 2.75) is 78.0 Å². The van der Waals surface area contributed by atoms with Crippen molar-refractivity contribution in [2.24, 2.45) is 28.6 Å². The molecule has 0 aromatic carbocycles. The van der Waals surface area contributed by atoms with Gasteiger partial charge in [-0.2, -0.15) is 5.26 Å². The van der Waals surface area contributed by atoms with E-state index in [0.29, 0.717) is 32.7 Å². The summed E-state index contributed by atoms with van der Waals surface area (Å²) in [5.41, 5.74) is -0.703. The number of carbonyl (C=O) groups excluding carboxylic acids is 4. The number of fused-ring (bicyclic) bond motifs is 1. The Bertz CT molecular complexity index is 979. The average Bonchev–Trinajstić information content (AvgIpc) is 3.37. The van der Waals surface area contributed by atoms with Crippen LogP contribution in [-0.2, 0) is 19.1 Å². The molecule has 1 aliphatic carbocycles. The highest BCUT2D eigenvalue weighted by atomic mass is 16.5. The molecule has 4 N–H and O–H groups in total. The van der Waals surface area contributed by atoms with E-state index in [2.05, 4.69) is 41.2 Å². The lowest BCUT2D eigenvalue weighted by molar-refractivity contribution is -0.143. The van der Waals surface area contributed by atoms with Gasteiger partial charge >= 0.3 is 6.03 Å². The molecule has 0 radical (unpaired) electrons. The normalized spacial score (nSPS) is 31.5. The molecule has 4 aliphatic rings. The van der Waals surface area contributed by atoms with Gasteiger partial charge in [-0.05, 0) is 41.9 Å². The van der Waals surface area contributed by atoms with E-state index in [1.54, 1.807) is 4.90 Å². The molecule has 3 saturated heterocycles. The van der Waals surface area contributed by atoms with Gasteiger partial charge in [0, 0.05) is 25.6 Å². The summed E-state index contributed by atoms with van der Waals surface area (Å²) in [5, 5.41) is 21.0. The molecule has 3 heterocycles. The van der Waals surface area contributed by atoms with Gasteiger partial charge in [-0.25, -0.2) is 4.79 Å². The number of nitrogens with one attached hydrogen (secondary N) is 4. The standard InChI is InChI=1S/C26H40N6O5/c1-25(2,3)20(31-24(36)30-15-7-9-37-13-15)23(35)32-12-17-18(26(17,4)5)19(32)22(34)29-16(11-27)10-14-6-8-28-21(14)33/h14-20H,6-10,12-13H2,1-5H3,(H,28,33)(H,29,34)(H2,30,31,36)/t14-,15-,16-,17-,18-,19-,20+/m0/s1. The third kappa shape index (κ3) is 5.54. The predicted molar refractivity (Wildman–Crippen MR) is 134 cm³/mol. The fraction of sp³-hybridized carbons (Fsp3) is 0.808. The third-order valence-corrected chi connectivity index (χ3v) is 8.57. The molecule has 4 fully saturated rings. The first-order valence-electron chi connectivity index (χ1n) is 13.3. The van der Waals surface area contributed by atoms with Crippen LogP contribution < -0.4 is 21.3 Å². The Hall–Kier alpha value is -2.87. The van der Waals surface area contributed by atoms with Crippen molar-refractivity contribution in [1.82, 2.24) is 26.2 Å². The van der Waals surface area contributed by atoms with Gasteiger partial charge in [0.05, 0.1) is 18.7 Å². The zero-order chi connectivity index (χ0) is 27.1. The minimum Gasteiger partial charge on any atom is -0.379 e. The van der Waals surface area contributed by atoms with E-state index in [-0.39, 0.29) is 53.4 Å². The van der Waals surface area contributed by atoms with E-state index in [0.717, 1.165) is 6.42 Å². The Morgan fingerprint density at radius 2 is 1.97 bits per heavy atom. The molecule has 0 aromatic heterocycles. The van der Waals surface area contributed by atoms with E-state index in [4.69, 9.17) is 4.74 Å². The number of nitrogens with zero attached hydrogens (tertiary/aromatic N) is 2. The van der Waals surface area contributed by atoms with E-state index >= 15 is 0 Å². The predicted octanol–water partition coefficient (Wildman–Crippen LogP) is 0.507. The SMILES string of the molecule is CC(C)(C)[C@H](NC(=O)N[C@H]1CCOC1)C(=O)N1C[C@H]2[C@@H]([C@H]1C(=O)N[C@H](C#N)C[C@@H]1CCNC1=O)C2(C)C. The molecule has 7 atom stereocenters. The fourth-order valence-electron chi connectivity index (χ4n) is 6.19. The summed E-state index contributed by atoms with van der Waals surface area (Å²) in [6.45, 7) is 11.8. The average molecular weight is 517 g/mol. The molecule has 5 amide bonds. The molecule has 1 saturated carbocycles. The van der Waals surface area contributed by atoms with Gasteiger partial charge in [-0.3, -0.25) is 14.4 Å². The summed E-state index contributed by atoms with van der Waals surface area (Å²) in [6.07, 6.45) is 1.59. The molecule has 4 rings (SSSR count). The van der Waals surface area contributed by atoms with Crippen LogP contribution in [0.2, 0.25) is 0 Å². The highest BCUT2D eigenvalue weighted by molar-refractivity contribution is 5.94. The van der Waals surface area contributed by atoms with Crippen LogP contribution in [0, 0.1) is 39.9 Å². The van der Waals surface area contributed by atoms with Gasteiger partial charge in [0.25, 0.3) is 0 Å². The van der Waals surface area contributed by atoms with E-state index in [1.165, 1.54) is 0 Å². The summed E-state index contributed by atoms with van der Waals surface area (Å²) in [6, 6.07) is -0.829. The number of urea groups is 1. The summed E-state index contributed by atoms with van der Waals surface area (Å²) in [4.78, 5) is 53.8. The second kappa shape index (κ2) is 10.1. The maximum atomic E-state index is 13.9. The minimum absolute atomic E-state index is 0.0318. The fourth-order valence-corrected chi connectivity index (χ4v) is 6.19. The Labute approximate surface area is 218 Å². The molecular formula is C26H40N6O5. The topological polar surface area (TPSA) is 153 Å². The number of hydrogen-bond acceptors (Lipinski definition) is 6. The molecule has 0 spiro atoms. The lowest BCUT2D eigenvalue weighted by Crippen LogP contribution is -2.61. The summed E-state index contributed by atoms with van der Waals surface area (Å²) < 4.78 is 5.32. The van der Waals surface area contributed by atoms with Crippen LogP contribution in [0.25, 0.3) is 0 Å². The Morgan fingerprint density at radius 1 is 1.24 bits per heavy atom. The minimum atomic E-state index is -0.848. The monoisotopic (exact) mass is 516 g/mol. The molecule has 3 aliphatic heterocycles. The number of nitriles is 1. The number of ether oxygens (including phenoxy) is 1. The molecule has 204 valence electrons. The molecule has 0 unspecified atom stereocenters. The van der Waals surface area contributed by atoms with Crippen LogP contribution in [0.4, 0.5) is 4.79 Å². The Kier molecular flexibility index (Phi) is 7.43. The van der Waals surface area contributed by atoms with Crippen LogP contribution in [0.15, 0.2) is 0 Å². The van der Waals surface area contributed by atoms with Gasteiger partial charge in [0.1, 0.15) is 18.1 Å². The highest BCUT2D eigenvalue weighted by Gasteiger charge is 2.69. The second-order valence-electron chi connectivity index (χ2n) is 12.6. The van der Waals surface area contributed by atoms with Gasteiger partial charge in [-0.1, -0.05) is 34.6 Å².